The fraction of sp³-hybridized carbons (Fsp3) is 0.567. The second-order valence-corrected chi connectivity index (χ2v) is 13.0. The van der Waals surface area contributed by atoms with Crippen LogP contribution < -0.4 is 5.73 Å². The number of nitrogens with one attached hydrogen (secondary N) is 1. The Kier molecular flexibility index (Phi) is 6.34. The van der Waals surface area contributed by atoms with Crippen molar-refractivity contribution in [3.05, 3.63) is 47.1 Å². The van der Waals surface area contributed by atoms with Gasteiger partial charge < -0.3 is 29.7 Å². The highest BCUT2D eigenvalue weighted by molar-refractivity contribution is 6.32. The fourth-order valence-electron chi connectivity index (χ4n) is 7.23. The van der Waals surface area contributed by atoms with E-state index in [1.54, 1.807) is 6.33 Å². The number of nitrogen functional groups attached to an aromatic ring is 1. The number of hydrogen-bond donors (Lipinski definition) is 2. The molecule has 2 saturated carbocycles. The van der Waals surface area contributed by atoms with Gasteiger partial charge in [-0.3, -0.25) is 0 Å². The van der Waals surface area contributed by atoms with Gasteiger partial charge in [-0.05, 0) is 83.2 Å². The number of aryl methyl sites for hydroxylation is 2. The molecule has 10 heteroatoms. The van der Waals surface area contributed by atoms with Crippen LogP contribution in [0.4, 0.5) is 5.82 Å². The summed E-state index contributed by atoms with van der Waals surface area (Å²) >= 11 is 6.28. The van der Waals surface area contributed by atoms with E-state index in [0.29, 0.717) is 17.8 Å². The largest absolute Gasteiger partial charge is 0.383 e. The molecule has 1 aliphatic heterocycles. The Balaban J connectivity index is 0.979. The fourth-order valence-corrected chi connectivity index (χ4v) is 7.39. The Morgan fingerprint density at radius 3 is 2.80 bits per heavy atom. The van der Waals surface area contributed by atoms with E-state index < -0.39 is 5.79 Å². The van der Waals surface area contributed by atoms with Gasteiger partial charge in [-0.15, -0.1) is 0 Å². The molecule has 0 spiro atoms. The number of anilines is 1. The molecule has 0 amide bonds. The first-order chi connectivity index (χ1) is 19.1. The van der Waals surface area contributed by atoms with Crippen molar-refractivity contribution in [1.82, 2.24) is 29.4 Å². The third-order valence-electron chi connectivity index (χ3n) is 9.41. The summed E-state index contributed by atoms with van der Waals surface area (Å²) in [5.41, 5.74) is 10.1. The van der Waals surface area contributed by atoms with Gasteiger partial charge in [-0.25, -0.2) is 15.0 Å². The van der Waals surface area contributed by atoms with Crippen LogP contribution in [-0.2, 0) is 15.9 Å². The van der Waals surface area contributed by atoms with Crippen molar-refractivity contribution >= 4 is 39.5 Å². The first kappa shape index (κ1) is 26.2. The summed E-state index contributed by atoms with van der Waals surface area (Å²) in [5, 5.41) is 1.66. The normalized spacial score (nSPS) is 29.4. The summed E-state index contributed by atoms with van der Waals surface area (Å²) < 4.78 is 15.2. The van der Waals surface area contributed by atoms with E-state index in [1.165, 1.54) is 12.8 Å². The molecular formula is C30H38ClN7O2. The van der Waals surface area contributed by atoms with E-state index in [2.05, 4.69) is 43.7 Å². The number of benzene rings is 1. The maximum absolute atomic E-state index is 6.49. The number of aromatic amines is 1. The number of rotatable bonds is 7. The van der Waals surface area contributed by atoms with Gasteiger partial charge in [0, 0.05) is 36.1 Å². The standard InChI is InChI=1S/C30H38ClN7O2/c1-16-9-22-23(13-21(16)31)36-25(35-22)6-5-17-10-19(11-17)37(4)14-18-12-24(27-26(18)39-30(2,3)40-27)38-8-7-20-28(32)33-15-34-29(20)38/h7-9,13,15,17-19,24,26-27H,5-6,10-12,14H2,1-4H3,(H,35,36)(H2,32,33,34)/t17?,18-,19?,24-,26-,27+/m1/s1. The number of fused-ring (bicyclic) bond motifs is 3. The highest BCUT2D eigenvalue weighted by Crippen LogP contribution is 2.48. The van der Waals surface area contributed by atoms with Crippen molar-refractivity contribution in [1.29, 1.82) is 0 Å². The summed E-state index contributed by atoms with van der Waals surface area (Å²) in [7, 11) is 2.27. The Bertz CT molecular complexity index is 1520. The van der Waals surface area contributed by atoms with Crippen molar-refractivity contribution < 1.29 is 9.47 Å². The number of H-pyrrole nitrogens is 1. The monoisotopic (exact) mass is 563 g/mol. The molecule has 4 heterocycles. The van der Waals surface area contributed by atoms with Gasteiger partial charge >= 0.3 is 0 Å². The predicted octanol–water partition coefficient (Wildman–Crippen LogP) is 5.28. The number of hydrogen-bond acceptors (Lipinski definition) is 7. The topological polar surface area (TPSA) is 107 Å². The van der Waals surface area contributed by atoms with E-state index in [-0.39, 0.29) is 18.2 Å². The zero-order chi connectivity index (χ0) is 27.8. The smallest absolute Gasteiger partial charge is 0.163 e. The van der Waals surface area contributed by atoms with Gasteiger partial charge in [-0.1, -0.05) is 11.6 Å². The molecule has 0 radical (unpaired) electrons. The molecule has 3 aliphatic rings. The summed E-state index contributed by atoms with van der Waals surface area (Å²) in [6.07, 6.45) is 9.22. The Morgan fingerprint density at radius 2 is 1.98 bits per heavy atom. The van der Waals surface area contributed by atoms with Gasteiger partial charge in [0.2, 0.25) is 0 Å². The summed E-state index contributed by atoms with van der Waals surface area (Å²) in [4.78, 5) is 19.5. The quantitative estimate of drug-likeness (QED) is 0.315. The highest BCUT2D eigenvalue weighted by Gasteiger charge is 2.55. The minimum absolute atomic E-state index is 0.0168. The summed E-state index contributed by atoms with van der Waals surface area (Å²) in [6, 6.07) is 6.81. The molecule has 40 heavy (non-hydrogen) atoms. The number of nitrogens with zero attached hydrogens (tertiary/aromatic N) is 5. The molecule has 0 unspecified atom stereocenters. The molecule has 3 aromatic heterocycles. The molecule has 0 bridgehead atoms. The van der Waals surface area contributed by atoms with E-state index >= 15 is 0 Å². The average Bonchev–Trinajstić information content (AvgIpc) is 3.61. The molecule has 2 aliphatic carbocycles. The van der Waals surface area contributed by atoms with Crippen molar-refractivity contribution in [2.45, 2.75) is 83.0 Å². The lowest BCUT2D eigenvalue weighted by molar-refractivity contribution is -0.161. The zero-order valence-electron chi connectivity index (χ0n) is 23.6. The molecule has 3 fully saturated rings. The first-order valence-corrected chi connectivity index (χ1v) is 14.8. The lowest BCUT2D eigenvalue weighted by Crippen LogP contribution is -2.46. The van der Waals surface area contributed by atoms with Gasteiger partial charge in [0.1, 0.15) is 29.7 Å². The number of aromatic nitrogens is 5. The van der Waals surface area contributed by atoms with E-state index in [1.807, 2.05) is 32.9 Å². The Morgan fingerprint density at radius 1 is 1.18 bits per heavy atom. The van der Waals surface area contributed by atoms with Crippen LogP contribution in [0.3, 0.4) is 0 Å². The molecule has 212 valence electrons. The van der Waals surface area contributed by atoms with Crippen molar-refractivity contribution in [3.63, 3.8) is 0 Å². The molecule has 9 nitrogen and oxygen atoms in total. The van der Waals surface area contributed by atoms with Gasteiger partial charge in [0.25, 0.3) is 0 Å². The van der Waals surface area contributed by atoms with Crippen LogP contribution in [0.15, 0.2) is 30.7 Å². The Hall–Kier alpha value is -2.72. The van der Waals surface area contributed by atoms with Crippen LogP contribution in [0.2, 0.25) is 5.02 Å². The van der Waals surface area contributed by atoms with Crippen LogP contribution in [0.1, 0.15) is 57.0 Å². The highest BCUT2D eigenvalue weighted by atomic mass is 35.5. The van der Waals surface area contributed by atoms with Crippen molar-refractivity contribution in [2.75, 3.05) is 19.3 Å². The lowest BCUT2D eigenvalue weighted by Gasteiger charge is -2.42. The van der Waals surface area contributed by atoms with Gasteiger partial charge in [0.05, 0.1) is 28.6 Å². The second kappa shape index (κ2) is 9.69. The van der Waals surface area contributed by atoms with Crippen LogP contribution >= 0.6 is 11.6 Å². The lowest BCUT2D eigenvalue weighted by atomic mass is 9.76. The molecular weight excluding hydrogens is 526 g/mol. The number of ether oxygens (including phenoxy) is 2. The van der Waals surface area contributed by atoms with E-state index in [0.717, 1.165) is 70.2 Å². The van der Waals surface area contributed by atoms with Crippen molar-refractivity contribution in [3.8, 4) is 0 Å². The second-order valence-electron chi connectivity index (χ2n) is 12.6. The molecule has 3 N–H and O–H groups in total. The van der Waals surface area contributed by atoms with Crippen LogP contribution in [0.25, 0.3) is 22.1 Å². The van der Waals surface area contributed by atoms with E-state index in [9.17, 15) is 0 Å². The minimum atomic E-state index is -0.593. The molecule has 7 rings (SSSR count). The van der Waals surface area contributed by atoms with Crippen LogP contribution in [-0.4, -0.2) is 67.0 Å². The third-order valence-corrected chi connectivity index (χ3v) is 9.81. The van der Waals surface area contributed by atoms with Crippen LogP contribution in [0, 0.1) is 18.8 Å². The average molecular weight is 564 g/mol. The first-order valence-electron chi connectivity index (χ1n) is 14.4. The minimum Gasteiger partial charge on any atom is -0.383 e. The Labute approximate surface area is 239 Å². The SMILES string of the molecule is Cc1cc2[nH]c(CCC3CC(N(C)C[C@H]4C[C@@H](n5ccc6c(N)ncnc65)[C@@H]5OC(C)(C)O[C@H]45)C3)nc2cc1Cl. The van der Waals surface area contributed by atoms with E-state index in [4.69, 9.17) is 31.8 Å². The third kappa shape index (κ3) is 4.57. The number of halogens is 1. The van der Waals surface area contributed by atoms with Crippen molar-refractivity contribution in [2.24, 2.45) is 11.8 Å². The number of imidazole rings is 1. The zero-order valence-corrected chi connectivity index (χ0v) is 24.4. The predicted molar refractivity (Wildman–Crippen MR) is 156 cm³/mol. The molecule has 1 saturated heterocycles. The number of nitrogens with two attached hydrogens (primary N) is 1. The summed E-state index contributed by atoms with van der Waals surface area (Å²) in [6.45, 7) is 7.06. The summed E-state index contributed by atoms with van der Waals surface area (Å²) in [5.74, 6) is 2.09. The molecule has 4 aromatic rings. The molecule has 4 atom stereocenters. The maximum Gasteiger partial charge on any atom is 0.163 e. The molecule has 1 aromatic carbocycles. The van der Waals surface area contributed by atoms with Gasteiger partial charge in [-0.2, -0.15) is 0 Å². The maximum atomic E-state index is 6.49. The van der Waals surface area contributed by atoms with Crippen LogP contribution in [0.5, 0.6) is 0 Å². The van der Waals surface area contributed by atoms with Gasteiger partial charge in [0.15, 0.2) is 5.79 Å².